The van der Waals surface area contributed by atoms with E-state index in [0.717, 1.165) is 0 Å². The molecular weight excluding hydrogens is 268 g/mol. The second-order valence-corrected chi connectivity index (χ2v) is 6.79. The van der Waals surface area contributed by atoms with Gasteiger partial charge in [-0.15, -0.1) is 0 Å². The SMILES string of the molecule is CC(CS(C)(=O)=O)n1cnc2ccc(C(=O)O)cc21. The quantitative estimate of drug-likeness (QED) is 0.914. The lowest BCUT2D eigenvalue weighted by atomic mass is 10.2. The zero-order valence-electron chi connectivity index (χ0n) is 10.6. The van der Waals surface area contributed by atoms with Crippen molar-refractivity contribution in [3.63, 3.8) is 0 Å². The highest BCUT2D eigenvalue weighted by Gasteiger charge is 2.15. The third-order valence-electron chi connectivity index (χ3n) is 2.84. The van der Waals surface area contributed by atoms with Crippen molar-refractivity contribution in [3.05, 3.63) is 30.1 Å². The summed E-state index contributed by atoms with van der Waals surface area (Å²) in [4.78, 5) is 15.1. The van der Waals surface area contributed by atoms with Crippen molar-refractivity contribution in [1.82, 2.24) is 9.55 Å². The van der Waals surface area contributed by atoms with Gasteiger partial charge < -0.3 is 9.67 Å². The van der Waals surface area contributed by atoms with E-state index >= 15 is 0 Å². The lowest BCUT2D eigenvalue weighted by Gasteiger charge is -2.13. The van der Waals surface area contributed by atoms with Crippen molar-refractivity contribution < 1.29 is 18.3 Å². The molecule has 1 heterocycles. The predicted octanol–water partition coefficient (Wildman–Crippen LogP) is 1.34. The first-order chi connectivity index (χ1) is 8.78. The van der Waals surface area contributed by atoms with Crippen LogP contribution in [0.1, 0.15) is 23.3 Å². The molecule has 19 heavy (non-hydrogen) atoms. The molecule has 0 bridgehead atoms. The second kappa shape index (κ2) is 4.65. The molecule has 1 aromatic carbocycles. The zero-order valence-corrected chi connectivity index (χ0v) is 11.4. The molecule has 7 heteroatoms. The fourth-order valence-electron chi connectivity index (χ4n) is 2.03. The summed E-state index contributed by atoms with van der Waals surface area (Å²) >= 11 is 0. The number of carbonyl (C=O) groups is 1. The van der Waals surface area contributed by atoms with Gasteiger partial charge in [0, 0.05) is 12.3 Å². The molecule has 0 amide bonds. The Labute approximate surface area is 110 Å². The number of hydrogen-bond donors (Lipinski definition) is 1. The van der Waals surface area contributed by atoms with E-state index in [0.29, 0.717) is 11.0 Å². The molecule has 2 aromatic rings. The van der Waals surface area contributed by atoms with Crippen LogP contribution in [-0.2, 0) is 9.84 Å². The molecule has 0 fully saturated rings. The van der Waals surface area contributed by atoms with E-state index in [4.69, 9.17) is 5.11 Å². The molecule has 1 aromatic heterocycles. The number of sulfone groups is 1. The molecule has 0 spiro atoms. The highest BCUT2D eigenvalue weighted by Crippen LogP contribution is 2.20. The highest BCUT2D eigenvalue weighted by molar-refractivity contribution is 7.90. The van der Waals surface area contributed by atoms with Gasteiger partial charge in [0.1, 0.15) is 9.84 Å². The molecule has 102 valence electrons. The third kappa shape index (κ3) is 2.93. The molecule has 1 unspecified atom stereocenters. The number of benzene rings is 1. The van der Waals surface area contributed by atoms with Crippen LogP contribution in [0.4, 0.5) is 0 Å². The first kappa shape index (κ1) is 13.5. The van der Waals surface area contributed by atoms with Crippen molar-refractivity contribution >= 4 is 26.8 Å². The summed E-state index contributed by atoms with van der Waals surface area (Å²) in [7, 11) is -3.11. The van der Waals surface area contributed by atoms with Crippen molar-refractivity contribution in [3.8, 4) is 0 Å². The molecule has 0 aliphatic heterocycles. The van der Waals surface area contributed by atoms with E-state index in [-0.39, 0.29) is 17.4 Å². The summed E-state index contributed by atoms with van der Waals surface area (Å²) in [5.41, 5.74) is 1.42. The first-order valence-electron chi connectivity index (χ1n) is 5.65. The topological polar surface area (TPSA) is 89.3 Å². The maximum atomic E-state index is 11.3. The maximum absolute atomic E-state index is 11.3. The summed E-state index contributed by atoms with van der Waals surface area (Å²) in [5.74, 6) is -1.04. The van der Waals surface area contributed by atoms with Gasteiger partial charge in [0.15, 0.2) is 0 Å². The van der Waals surface area contributed by atoms with Crippen LogP contribution in [0, 0.1) is 0 Å². The molecule has 0 radical (unpaired) electrons. The van der Waals surface area contributed by atoms with Gasteiger partial charge in [-0.05, 0) is 25.1 Å². The fourth-order valence-corrected chi connectivity index (χ4v) is 3.07. The van der Waals surface area contributed by atoms with Gasteiger partial charge in [-0.3, -0.25) is 0 Å². The number of carboxylic acids is 1. The summed E-state index contributed by atoms with van der Waals surface area (Å²) < 4.78 is 24.3. The fraction of sp³-hybridized carbons (Fsp3) is 0.333. The van der Waals surface area contributed by atoms with Gasteiger partial charge in [0.2, 0.25) is 0 Å². The molecule has 1 atom stereocenters. The van der Waals surface area contributed by atoms with Gasteiger partial charge >= 0.3 is 5.97 Å². The Morgan fingerprint density at radius 1 is 1.47 bits per heavy atom. The minimum Gasteiger partial charge on any atom is -0.478 e. The van der Waals surface area contributed by atoms with E-state index in [1.54, 1.807) is 17.6 Å². The summed E-state index contributed by atoms with van der Waals surface area (Å²) in [6.45, 7) is 1.76. The number of hydrogen-bond acceptors (Lipinski definition) is 4. The van der Waals surface area contributed by atoms with Crippen LogP contribution >= 0.6 is 0 Å². The van der Waals surface area contributed by atoms with Crippen LogP contribution in [0.5, 0.6) is 0 Å². The lowest BCUT2D eigenvalue weighted by Crippen LogP contribution is -2.15. The van der Waals surface area contributed by atoms with Crippen molar-refractivity contribution in [2.75, 3.05) is 12.0 Å². The van der Waals surface area contributed by atoms with Crippen LogP contribution in [0.15, 0.2) is 24.5 Å². The lowest BCUT2D eigenvalue weighted by molar-refractivity contribution is 0.0697. The van der Waals surface area contributed by atoms with Gasteiger partial charge in [-0.1, -0.05) is 0 Å². The molecular formula is C12H14N2O4S. The Bertz CT molecular complexity index is 733. The molecule has 0 saturated carbocycles. The number of carboxylic acid groups (broad SMARTS) is 1. The van der Waals surface area contributed by atoms with Crippen LogP contribution in [0.3, 0.4) is 0 Å². The van der Waals surface area contributed by atoms with Gasteiger partial charge in [0.25, 0.3) is 0 Å². The Kier molecular flexibility index (Phi) is 3.32. The Morgan fingerprint density at radius 3 is 2.74 bits per heavy atom. The predicted molar refractivity (Wildman–Crippen MR) is 71.1 cm³/mol. The van der Waals surface area contributed by atoms with E-state index < -0.39 is 15.8 Å². The molecule has 0 aliphatic carbocycles. The maximum Gasteiger partial charge on any atom is 0.335 e. The largest absolute Gasteiger partial charge is 0.478 e. The van der Waals surface area contributed by atoms with Gasteiger partial charge in [-0.25, -0.2) is 18.2 Å². The van der Waals surface area contributed by atoms with E-state index in [1.165, 1.54) is 24.7 Å². The van der Waals surface area contributed by atoms with Crippen molar-refractivity contribution in [2.45, 2.75) is 13.0 Å². The number of nitrogens with zero attached hydrogens (tertiary/aromatic N) is 2. The number of aromatic nitrogens is 2. The number of aromatic carboxylic acids is 1. The normalized spacial score (nSPS) is 13.6. The van der Waals surface area contributed by atoms with Gasteiger partial charge in [0.05, 0.1) is 28.7 Å². The zero-order chi connectivity index (χ0) is 14.2. The molecule has 0 aliphatic rings. The average molecular weight is 282 g/mol. The molecule has 0 saturated heterocycles. The van der Waals surface area contributed by atoms with Crippen LogP contribution < -0.4 is 0 Å². The standard InChI is InChI=1S/C12H14N2O4S/c1-8(6-19(2,17)18)14-7-13-10-4-3-9(12(15)16)5-11(10)14/h3-5,7-8H,6H2,1-2H3,(H,15,16). The Hall–Kier alpha value is -1.89. The summed E-state index contributed by atoms with van der Waals surface area (Å²) in [5, 5.41) is 8.97. The van der Waals surface area contributed by atoms with Crippen LogP contribution in [0.2, 0.25) is 0 Å². The molecule has 6 nitrogen and oxygen atoms in total. The van der Waals surface area contributed by atoms with Crippen molar-refractivity contribution in [1.29, 1.82) is 0 Å². The summed E-state index contributed by atoms with van der Waals surface area (Å²) in [6.07, 6.45) is 2.71. The second-order valence-electron chi connectivity index (χ2n) is 4.60. The van der Waals surface area contributed by atoms with Crippen LogP contribution in [-0.4, -0.2) is 41.1 Å². The van der Waals surface area contributed by atoms with E-state index in [1.807, 2.05) is 0 Å². The van der Waals surface area contributed by atoms with E-state index in [9.17, 15) is 13.2 Å². The summed E-state index contributed by atoms with van der Waals surface area (Å²) in [6, 6.07) is 4.29. The minimum atomic E-state index is -3.11. The molecule has 1 N–H and O–H groups in total. The Balaban J connectivity index is 2.49. The number of fused-ring (bicyclic) bond motifs is 1. The third-order valence-corrected chi connectivity index (χ3v) is 3.93. The highest BCUT2D eigenvalue weighted by atomic mass is 32.2. The minimum absolute atomic E-state index is 0.0181. The number of rotatable bonds is 4. The molecule has 2 rings (SSSR count). The van der Waals surface area contributed by atoms with Crippen molar-refractivity contribution in [2.24, 2.45) is 0 Å². The Morgan fingerprint density at radius 2 is 2.16 bits per heavy atom. The average Bonchev–Trinajstić information content (AvgIpc) is 2.68. The first-order valence-corrected chi connectivity index (χ1v) is 7.71. The smallest absolute Gasteiger partial charge is 0.335 e. The van der Waals surface area contributed by atoms with E-state index in [2.05, 4.69) is 4.98 Å². The van der Waals surface area contributed by atoms with Crippen LogP contribution in [0.25, 0.3) is 11.0 Å². The van der Waals surface area contributed by atoms with Gasteiger partial charge in [-0.2, -0.15) is 0 Å². The number of imidazole rings is 1. The monoisotopic (exact) mass is 282 g/mol.